The smallest absolute Gasteiger partial charge is 0.223 e. The molecule has 5 nitrogen and oxygen atoms in total. The van der Waals surface area contributed by atoms with E-state index in [1.165, 1.54) is 31.9 Å². The van der Waals surface area contributed by atoms with Crippen LogP contribution in [0.15, 0.2) is 0 Å². The lowest BCUT2D eigenvalue weighted by atomic mass is 9.85. The van der Waals surface area contributed by atoms with Crippen LogP contribution in [-0.2, 0) is 14.8 Å². The molecule has 3 fully saturated rings. The average Bonchev–Trinajstić information content (AvgIpc) is 3.07. The summed E-state index contributed by atoms with van der Waals surface area (Å²) in [4.78, 5) is 14.7. The molecule has 0 aromatic rings. The van der Waals surface area contributed by atoms with E-state index < -0.39 is 10.0 Å². The molecule has 1 saturated heterocycles. The van der Waals surface area contributed by atoms with Crippen molar-refractivity contribution in [2.45, 2.75) is 57.4 Å². The fourth-order valence-corrected chi connectivity index (χ4v) is 5.25. The standard InChI is InChI=1S/C16H28N2O3S/c1-22(20,21)17-11-15-4-2-3-7-18(15)16(19)10-14-9-12-5-6-13(14)8-12/h12-15,17H,2-11H2,1H3/t12-,13-,14-,15+/m0/s1. The molecule has 3 aliphatic rings. The number of fused-ring (bicyclic) bond motifs is 2. The summed E-state index contributed by atoms with van der Waals surface area (Å²) in [5, 5.41) is 0. The topological polar surface area (TPSA) is 66.5 Å². The van der Waals surface area contributed by atoms with Crippen molar-refractivity contribution in [2.24, 2.45) is 17.8 Å². The van der Waals surface area contributed by atoms with Crippen LogP contribution in [0.2, 0.25) is 0 Å². The summed E-state index contributed by atoms with van der Waals surface area (Å²) in [6.07, 6.45) is 10.1. The molecule has 0 aromatic heterocycles. The van der Waals surface area contributed by atoms with E-state index in [-0.39, 0.29) is 11.9 Å². The van der Waals surface area contributed by atoms with Gasteiger partial charge in [-0.1, -0.05) is 6.42 Å². The third-order valence-corrected chi connectivity index (χ3v) is 6.54. The van der Waals surface area contributed by atoms with E-state index in [4.69, 9.17) is 0 Å². The van der Waals surface area contributed by atoms with Gasteiger partial charge in [-0.2, -0.15) is 0 Å². The predicted molar refractivity (Wildman–Crippen MR) is 85.8 cm³/mol. The van der Waals surface area contributed by atoms with Gasteiger partial charge in [0.2, 0.25) is 15.9 Å². The third-order valence-electron chi connectivity index (χ3n) is 5.85. The fraction of sp³-hybridized carbons (Fsp3) is 0.938. The molecule has 0 unspecified atom stereocenters. The van der Waals surface area contributed by atoms with E-state index >= 15 is 0 Å². The lowest BCUT2D eigenvalue weighted by Gasteiger charge is -2.37. The highest BCUT2D eigenvalue weighted by molar-refractivity contribution is 7.88. The van der Waals surface area contributed by atoms with Gasteiger partial charge in [0.05, 0.1) is 6.26 Å². The van der Waals surface area contributed by atoms with Crippen molar-refractivity contribution < 1.29 is 13.2 Å². The number of hydrogen-bond acceptors (Lipinski definition) is 3. The molecular weight excluding hydrogens is 300 g/mol. The van der Waals surface area contributed by atoms with Crippen LogP contribution >= 0.6 is 0 Å². The van der Waals surface area contributed by atoms with Gasteiger partial charge in [0, 0.05) is 25.6 Å². The summed E-state index contributed by atoms with van der Waals surface area (Å²) < 4.78 is 25.2. The monoisotopic (exact) mass is 328 g/mol. The van der Waals surface area contributed by atoms with E-state index in [0.717, 1.165) is 37.6 Å². The molecule has 22 heavy (non-hydrogen) atoms. The Bertz CT molecular complexity index is 519. The fourth-order valence-electron chi connectivity index (χ4n) is 4.76. The second-order valence-corrected chi connectivity index (χ2v) is 9.33. The molecule has 1 amide bonds. The summed E-state index contributed by atoms with van der Waals surface area (Å²) >= 11 is 0. The van der Waals surface area contributed by atoms with E-state index in [1.807, 2.05) is 4.90 Å². The van der Waals surface area contributed by atoms with Crippen LogP contribution < -0.4 is 4.72 Å². The van der Waals surface area contributed by atoms with Gasteiger partial charge < -0.3 is 4.90 Å². The number of nitrogens with zero attached hydrogens (tertiary/aromatic N) is 1. The van der Waals surface area contributed by atoms with E-state index in [2.05, 4.69) is 4.72 Å². The van der Waals surface area contributed by atoms with Gasteiger partial charge in [0.1, 0.15) is 0 Å². The average molecular weight is 328 g/mol. The minimum atomic E-state index is -3.19. The number of hydrogen-bond donors (Lipinski definition) is 1. The highest BCUT2D eigenvalue weighted by Crippen LogP contribution is 2.49. The number of carbonyl (C=O) groups is 1. The van der Waals surface area contributed by atoms with Crippen LogP contribution in [0.1, 0.15) is 51.4 Å². The summed E-state index contributed by atoms with van der Waals surface area (Å²) in [6.45, 7) is 1.15. The highest BCUT2D eigenvalue weighted by Gasteiger charge is 2.41. The Kier molecular flexibility index (Phi) is 4.78. The Morgan fingerprint density at radius 1 is 1.18 bits per heavy atom. The van der Waals surface area contributed by atoms with Crippen LogP contribution in [-0.4, -0.2) is 44.6 Å². The van der Waals surface area contributed by atoms with Crippen molar-refractivity contribution in [1.82, 2.24) is 9.62 Å². The first-order valence-electron chi connectivity index (χ1n) is 8.66. The molecule has 1 aliphatic heterocycles. The Labute approximate surface area is 133 Å². The molecule has 1 N–H and O–H groups in total. The number of carbonyl (C=O) groups excluding carboxylic acids is 1. The molecule has 0 radical (unpaired) electrons. The zero-order valence-corrected chi connectivity index (χ0v) is 14.3. The minimum absolute atomic E-state index is 0.0366. The SMILES string of the molecule is CS(=O)(=O)NC[C@H]1CCCCN1C(=O)C[C@@H]1C[C@H]2CC[C@H]1C2. The van der Waals surface area contributed by atoms with Crippen molar-refractivity contribution in [1.29, 1.82) is 0 Å². The van der Waals surface area contributed by atoms with Crippen molar-refractivity contribution >= 4 is 15.9 Å². The zero-order valence-electron chi connectivity index (χ0n) is 13.5. The number of nitrogens with one attached hydrogen (secondary N) is 1. The molecule has 1 heterocycles. The van der Waals surface area contributed by atoms with Gasteiger partial charge in [0.25, 0.3) is 0 Å². The van der Waals surface area contributed by atoms with Gasteiger partial charge in [-0.05, 0) is 56.3 Å². The number of rotatable bonds is 5. The Morgan fingerprint density at radius 2 is 2.00 bits per heavy atom. The van der Waals surface area contributed by atoms with Crippen LogP contribution in [0.4, 0.5) is 0 Å². The summed E-state index contributed by atoms with van der Waals surface area (Å²) in [5.74, 6) is 2.47. The quantitative estimate of drug-likeness (QED) is 0.836. The number of piperidine rings is 1. The minimum Gasteiger partial charge on any atom is -0.338 e. The second-order valence-electron chi connectivity index (χ2n) is 7.50. The summed E-state index contributed by atoms with van der Waals surface area (Å²) in [7, 11) is -3.19. The normalized spacial score (nSPS) is 35.0. The van der Waals surface area contributed by atoms with Crippen molar-refractivity contribution in [3.63, 3.8) is 0 Å². The Hall–Kier alpha value is -0.620. The van der Waals surface area contributed by atoms with Crippen LogP contribution in [0.25, 0.3) is 0 Å². The van der Waals surface area contributed by atoms with Crippen LogP contribution in [0.5, 0.6) is 0 Å². The lowest BCUT2D eigenvalue weighted by molar-refractivity contribution is -0.136. The van der Waals surface area contributed by atoms with E-state index in [0.29, 0.717) is 18.9 Å². The molecule has 6 heteroatoms. The molecule has 3 rings (SSSR count). The van der Waals surface area contributed by atoms with Gasteiger partial charge >= 0.3 is 0 Å². The molecule has 0 spiro atoms. The maximum absolute atomic E-state index is 12.7. The maximum Gasteiger partial charge on any atom is 0.223 e. The number of likely N-dealkylation sites (tertiary alicyclic amines) is 1. The van der Waals surface area contributed by atoms with Crippen molar-refractivity contribution in [3.05, 3.63) is 0 Å². The molecule has 126 valence electrons. The summed E-state index contributed by atoms with van der Waals surface area (Å²) in [5.41, 5.74) is 0. The first-order chi connectivity index (χ1) is 10.4. The molecule has 2 aliphatic carbocycles. The first-order valence-corrected chi connectivity index (χ1v) is 10.6. The van der Waals surface area contributed by atoms with Crippen molar-refractivity contribution in [2.75, 3.05) is 19.3 Å². The van der Waals surface area contributed by atoms with Crippen molar-refractivity contribution in [3.8, 4) is 0 Å². The zero-order chi connectivity index (χ0) is 15.7. The predicted octanol–water partition coefficient (Wildman–Crippen LogP) is 1.74. The molecular formula is C16H28N2O3S. The van der Waals surface area contributed by atoms with Gasteiger partial charge in [-0.25, -0.2) is 13.1 Å². The number of amides is 1. The third kappa shape index (κ3) is 3.82. The maximum atomic E-state index is 12.7. The van der Waals surface area contributed by atoms with E-state index in [1.54, 1.807) is 0 Å². The molecule has 0 aromatic carbocycles. The van der Waals surface area contributed by atoms with Gasteiger partial charge in [-0.15, -0.1) is 0 Å². The molecule has 2 bridgehead atoms. The number of sulfonamides is 1. The first kappa shape index (κ1) is 16.2. The van der Waals surface area contributed by atoms with Crippen LogP contribution in [0, 0.1) is 17.8 Å². The Balaban J connectivity index is 1.56. The van der Waals surface area contributed by atoms with Gasteiger partial charge in [-0.3, -0.25) is 4.79 Å². The molecule has 2 saturated carbocycles. The second kappa shape index (κ2) is 6.48. The van der Waals surface area contributed by atoms with Crippen LogP contribution in [0.3, 0.4) is 0 Å². The highest BCUT2D eigenvalue weighted by atomic mass is 32.2. The Morgan fingerprint density at radius 3 is 2.64 bits per heavy atom. The van der Waals surface area contributed by atoms with Gasteiger partial charge in [0.15, 0.2) is 0 Å². The lowest BCUT2D eigenvalue weighted by Crippen LogP contribution is -2.49. The molecule has 4 atom stereocenters. The largest absolute Gasteiger partial charge is 0.338 e. The van der Waals surface area contributed by atoms with E-state index in [9.17, 15) is 13.2 Å². The summed E-state index contributed by atoms with van der Waals surface area (Å²) in [6, 6.07) is 0.0366.